The van der Waals surface area contributed by atoms with Crippen molar-refractivity contribution in [2.75, 3.05) is 13.1 Å². The lowest BCUT2D eigenvalue weighted by Gasteiger charge is -2.33. The van der Waals surface area contributed by atoms with Crippen molar-refractivity contribution in [2.45, 2.75) is 31.7 Å². The molecular weight excluding hydrogens is 237 g/mol. The van der Waals surface area contributed by atoms with Gasteiger partial charge < -0.3 is 5.11 Å². The number of aliphatic carboxylic acids is 1. The van der Waals surface area contributed by atoms with E-state index in [0.717, 1.165) is 13.0 Å². The van der Waals surface area contributed by atoms with Gasteiger partial charge in [-0.25, -0.2) is 0 Å². The van der Waals surface area contributed by atoms with E-state index in [1.807, 2.05) is 11.8 Å². The molecule has 86 valence electrons. The minimum absolute atomic E-state index is 0.422. The fourth-order valence-corrected chi connectivity index (χ4v) is 2.39. The lowest BCUT2D eigenvalue weighted by molar-refractivity contribution is -0.149. The Labute approximate surface area is 99.7 Å². The summed E-state index contributed by atoms with van der Waals surface area (Å²) in [7, 11) is 0. The Morgan fingerprint density at radius 3 is 2.80 bits per heavy atom. The predicted molar refractivity (Wildman–Crippen MR) is 61.3 cm³/mol. The molecule has 0 aromatic carbocycles. The number of carbonyl (C=O) groups is 1. The third-order valence-corrected chi connectivity index (χ3v) is 3.67. The van der Waals surface area contributed by atoms with Crippen molar-refractivity contribution in [1.82, 2.24) is 4.90 Å². The van der Waals surface area contributed by atoms with Crippen molar-refractivity contribution < 1.29 is 9.90 Å². The average Bonchev–Trinajstić information content (AvgIpc) is 2.61. The Morgan fingerprint density at radius 1 is 1.67 bits per heavy atom. The van der Waals surface area contributed by atoms with Crippen molar-refractivity contribution >= 4 is 29.2 Å². The van der Waals surface area contributed by atoms with Crippen LogP contribution in [0.25, 0.3) is 0 Å². The van der Waals surface area contributed by atoms with Gasteiger partial charge in [-0.2, -0.15) is 0 Å². The normalized spacial score (nSPS) is 28.3. The SMILES string of the molecule is CCC1(C(=O)O)CCCN1CC(Cl)=CCl. The van der Waals surface area contributed by atoms with Gasteiger partial charge in [0.2, 0.25) is 0 Å². The zero-order valence-corrected chi connectivity index (χ0v) is 10.2. The highest BCUT2D eigenvalue weighted by atomic mass is 35.5. The number of carboxylic acids is 1. The summed E-state index contributed by atoms with van der Waals surface area (Å²) < 4.78 is 0. The molecule has 3 nitrogen and oxygen atoms in total. The first-order valence-electron chi connectivity index (χ1n) is 5.00. The molecule has 0 spiro atoms. The lowest BCUT2D eigenvalue weighted by Crippen LogP contribution is -2.50. The molecule has 15 heavy (non-hydrogen) atoms. The average molecular weight is 252 g/mol. The van der Waals surface area contributed by atoms with Crippen LogP contribution in [0.3, 0.4) is 0 Å². The molecule has 0 aliphatic carbocycles. The Hall–Kier alpha value is -0.250. The molecule has 0 radical (unpaired) electrons. The van der Waals surface area contributed by atoms with E-state index in [2.05, 4.69) is 0 Å². The molecule has 1 fully saturated rings. The molecule has 0 aromatic heterocycles. The standard InChI is InChI=1S/C10H15Cl2NO2/c1-2-10(9(14)15)4-3-5-13(10)7-8(12)6-11/h6H,2-5,7H2,1H3,(H,14,15). The summed E-state index contributed by atoms with van der Waals surface area (Å²) in [6.07, 6.45) is 2.17. The van der Waals surface area contributed by atoms with Crippen LogP contribution in [0.2, 0.25) is 0 Å². The van der Waals surface area contributed by atoms with Gasteiger partial charge in [-0.1, -0.05) is 30.1 Å². The highest BCUT2D eigenvalue weighted by molar-refractivity contribution is 6.36. The number of rotatable bonds is 4. The number of likely N-dealkylation sites (tertiary alicyclic amines) is 1. The van der Waals surface area contributed by atoms with Crippen LogP contribution >= 0.6 is 23.2 Å². The van der Waals surface area contributed by atoms with Crippen molar-refractivity contribution in [1.29, 1.82) is 0 Å². The molecule has 1 aliphatic heterocycles. The van der Waals surface area contributed by atoms with Crippen LogP contribution in [0.5, 0.6) is 0 Å². The summed E-state index contributed by atoms with van der Waals surface area (Å²) in [6.45, 7) is 3.08. The Morgan fingerprint density at radius 2 is 2.33 bits per heavy atom. The zero-order valence-electron chi connectivity index (χ0n) is 8.67. The van der Waals surface area contributed by atoms with Gasteiger partial charge in [0.25, 0.3) is 0 Å². The van der Waals surface area contributed by atoms with Gasteiger partial charge in [0.15, 0.2) is 0 Å². The van der Waals surface area contributed by atoms with Crippen LogP contribution in [0.1, 0.15) is 26.2 Å². The van der Waals surface area contributed by atoms with E-state index in [1.165, 1.54) is 5.54 Å². The Bertz CT molecular complexity index is 281. The fourth-order valence-electron chi connectivity index (χ4n) is 2.18. The van der Waals surface area contributed by atoms with Gasteiger partial charge in [0.05, 0.1) is 0 Å². The first-order chi connectivity index (χ1) is 7.06. The molecule has 0 aromatic rings. The van der Waals surface area contributed by atoms with Crippen molar-refractivity contribution in [2.24, 2.45) is 0 Å². The summed E-state index contributed by atoms with van der Waals surface area (Å²) in [4.78, 5) is 13.2. The maximum Gasteiger partial charge on any atom is 0.324 e. The minimum atomic E-state index is -0.762. The quantitative estimate of drug-likeness (QED) is 0.836. The van der Waals surface area contributed by atoms with Crippen LogP contribution < -0.4 is 0 Å². The van der Waals surface area contributed by atoms with Gasteiger partial charge in [0.1, 0.15) is 5.54 Å². The molecule has 1 unspecified atom stereocenters. The first kappa shape index (κ1) is 12.8. The molecule has 1 saturated heterocycles. The minimum Gasteiger partial charge on any atom is -0.480 e. The number of nitrogens with zero attached hydrogens (tertiary/aromatic N) is 1. The molecule has 1 heterocycles. The Balaban J connectivity index is 2.83. The zero-order chi connectivity index (χ0) is 11.5. The van der Waals surface area contributed by atoms with Gasteiger partial charge >= 0.3 is 5.97 Å². The van der Waals surface area contributed by atoms with E-state index in [4.69, 9.17) is 23.2 Å². The maximum absolute atomic E-state index is 11.3. The van der Waals surface area contributed by atoms with E-state index >= 15 is 0 Å². The molecule has 5 heteroatoms. The fraction of sp³-hybridized carbons (Fsp3) is 0.700. The van der Waals surface area contributed by atoms with E-state index in [0.29, 0.717) is 24.4 Å². The van der Waals surface area contributed by atoms with E-state index in [9.17, 15) is 9.90 Å². The summed E-state index contributed by atoms with van der Waals surface area (Å²) in [6, 6.07) is 0. The van der Waals surface area contributed by atoms with E-state index in [-0.39, 0.29) is 0 Å². The predicted octanol–water partition coefficient (Wildman–Crippen LogP) is 2.63. The van der Waals surface area contributed by atoms with Crippen LogP contribution in [0, 0.1) is 0 Å². The van der Waals surface area contributed by atoms with Crippen molar-refractivity contribution in [3.8, 4) is 0 Å². The second-order valence-electron chi connectivity index (χ2n) is 3.77. The summed E-state index contributed by atoms with van der Waals surface area (Å²) in [5.41, 5.74) is 0.544. The third kappa shape index (κ3) is 2.47. The number of carboxylic acid groups (broad SMARTS) is 1. The topological polar surface area (TPSA) is 40.5 Å². The van der Waals surface area contributed by atoms with Gasteiger partial charge in [-0.15, -0.1) is 0 Å². The van der Waals surface area contributed by atoms with Crippen LogP contribution in [0.15, 0.2) is 10.6 Å². The largest absolute Gasteiger partial charge is 0.480 e. The second kappa shape index (κ2) is 5.19. The molecular formula is C10H15Cl2NO2. The molecule has 0 amide bonds. The Kier molecular flexibility index (Phi) is 4.44. The van der Waals surface area contributed by atoms with Crippen LogP contribution in [-0.2, 0) is 4.79 Å². The molecule has 0 bridgehead atoms. The van der Waals surface area contributed by atoms with E-state index < -0.39 is 11.5 Å². The molecule has 0 saturated carbocycles. The maximum atomic E-state index is 11.3. The monoisotopic (exact) mass is 251 g/mol. The van der Waals surface area contributed by atoms with Crippen LogP contribution in [0.4, 0.5) is 0 Å². The molecule has 1 aliphatic rings. The second-order valence-corrected chi connectivity index (χ2v) is 4.48. The number of hydrogen-bond donors (Lipinski definition) is 1. The third-order valence-electron chi connectivity index (χ3n) is 3.07. The van der Waals surface area contributed by atoms with E-state index in [1.54, 1.807) is 0 Å². The van der Waals surface area contributed by atoms with Crippen molar-refractivity contribution in [3.05, 3.63) is 10.6 Å². The molecule has 1 atom stereocenters. The van der Waals surface area contributed by atoms with Crippen LogP contribution in [-0.4, -0.2) is 34.6 Å². The van der Waals surface area contributed by atoms with Gasteiger partial charge in [-0.05, 0) is 25.8 Å². The highest BCUT2D eigenvalue weighted by Gasteiger charge is 2.45. The summed E-state index contributed by atoms with van der Waals surface area (Å²) >= 11 is 11.3. The van der Waals surface area contributed by atoms with Crippen molar-refractivity contribution in [3.63, 3.8) is 0 Å². The number of hydrogen-bond acceptors (Lipinski definition) is 2. The first-order valence-corrected chi connectivity index (χ1v) is 5.81. The highest BCUT2D eigenvalue weighted by Crippen LogP contribution is 2.33. The van der Waals surface area contributed by atoms with Gasteiger partial charge in [-0.3, -0.25) is 9.69 Å². The summed E-state index contributed by atoms with van der Waals surface area (Å²) in [5.74, 6) is -0.762. The molecule has 1 N–H and O–H groups in total. The summed E-state index contributed by atoms with van der Waals surface area (Å²) in [5, 5.41) is 9.77. The number of halogens is 2. The smallest absolute Gasteiger partial charge is 0.324 e. The lowest BCUT2D eigenvalue weighted by atomic mass is 9.93. The van der Waals surface area contributed by atoms with Gasteiger partial charge in [0, 0.05) is 17.1 Å². The molecule has 1 rings (SSSR count).